The molecule has 0 aliphatic carbocycles. The first-order valence-corrected chi connectivity index (χ1v) is 4.30. The lowest BCUT2D eigenvalue weighted by atomic mass is 10.1. The van der Waals surface area contributed by atoms with E-state index in [0.717, 1.165) is 5.69 Å². The Kier molecular flexibility index (Phi) is 2.63. The highest BCUT2D eigenvalue weighted by molar-refractivity contribution is 6.30. The van der Waals surface area contributed by atoms with Crippen LogP contribution in [0.5, 0.6) is 0 Å². The molecule has 0 heterocycles. The van der Waals surface area contributed by atoms with Gasteiger partial charge in [-0.05, 0) is 39.0 Å². The summed E-state index contributed by atoms with van der Waals surface area (Å²) in [6.07, 6.45) is 0. The predicted molar refractivity (Wildman–Crippen MR) is 53.7 cm³/mol. The SMILES string of the molecule is CC(C)(C)Nc1c[c]c(Cl)cc1. The Balaban J connectivity index is 2.71. The molecule has 0 aromatic heterocycles. The second-order valence-corrected chi connectivity index (χ2v) is 4.21. The van der Waals surface area contributed by atoms with Crippen LogP contribution < -0.4 is 5.32 Å². The van der Waals surface area contributed by atoms with Gasteiger partial charge in [-0.25, -0.2) is 0 Å². The van der Waals surface area contributed by atoms with Crippen LogP contribution in [0.25, 0.3) is 0 Å². The fourth-order valence-electron chi connectivity index (χ4n) is 0.917. The average Bonchev–Trinajstić information content (AvgIpc) is 1.91. The summed E-state index contributed by atoms with van der Waals surface area (Å²) >= 11 is 5.70. The first-order chi connectivity index (χ1) is 5.47. The van der Waals surface area contributed by atoms with E-state index in [9.17, 15) is 0 Å². The lowest BCUT2D eigenvalue weighted by molar-refractivity contribution is 0.634. The Bertz CT molecular complexity index is 246. The van der Waals surface area contributed by atoms with Gasteiger partial charge in [0, 0.05) is 22.3 Å². The Morgan fingerprint density at radius 3 is 2.42 bits per heavy atom. The number of halogens is 1. The first-order valence-electron chi connectivity index (χ1n) is 3.93. The molecule has 65 valence electrons. The molecule has 0 bridgehead atoms. The zero-order valence-corrected chi connectivity index (χ0v) is 8.37. The zero-order chi connectivity index (χ0) is 9.19. The maximum atomic E-state index is 5.70. The van der Waals surface area contributed by atoms with Crippen LogP contribution in [-0.2, 0) is 0 Å². The number of hydrogen-bond donors (Lipinski definition) is 1. The van der Waals surface area contributed by atoms with Crippen molar-refractivity contribution in [3.05, 3.63) is 29.3 Å². The molecule has 0 fully saturated rings. The number of nitrogens with one attached hydrogen (secondary N) is 1. The van der Waals surface area contributed by atoms with Crippen molar-refractivity contribution in [3.8, 4) is 0 Å². The van der Waals surface area contributed by atoms with Crippen molar-refractivity contribution in [1.29, 1.82) is 0 Å². The zero-order valence-electron chi connectivity index (χ0n) is 7.61. The highest BCUT2D eigenvalue weighted by Gasteiger charge is 2.08. The second-order valence-electron chi connectivity index (χ2n) is 3.80. The van der Waals surface area contributed by atoms with Crippen LogP contribution >= 0.6 is 11.6 Å². The summed E-state index contributed by atoms with van der Waals surface area (Å²) in [5.41, 5.74) is 1.13. The second kappa shape index (κ2) is 3.36. The molecule has 12 heavy (non-hydrogen) atoms. The Morgan fingerprint density at radius 2 is 2.00 bits per heavy atom. The third-order valence-corrected chi connectivity index (χ3v) is 1.53. The quantitative estimate of drug-likeness (QED) is 0.703. The highest BCUT2D eigenvalue weighted by atomic mass is 35.5. The summed E-state index contributed by atoms with van der Waals surface area (Å²) in [5.74, 6) is 0. The molecule has 1 radical (unpaired) electrons. The van der Waals surface area contributed by atoms with Crippen LogP contribution in [0.15, 0.2) is 18.2 Å². The molecule has 0 unspecified atom stereocenters. The van der Waals surface area contributed by atoms with E-state index in [1.807, 2.05) is 18.2 Å². The molecular weight excluding hydrogens is 170 g/mol. The van der Waals surface area contributed by atoms with Gasteiger partial charge in [-0.15, -0.1) is 0 Å². The van der Waals surface area contributed by atoms with Crippen molar-refractivity contribution in [3.63, 3.8) is 0 Å². The van der Waals surface area contributed by atoms with E-state index >= 15 is 0 Å². The van der Waals surface area contributed by atoms with Gasteiger partial charge in [-0.2, -0.15) is 0 Å². The molecular formula is C10H13ClN. The van der Waals surface area contributed by atoms with Crippen molar-refractivity contribution in [1.82, 2.24) is 0 Å². The molecule has 0 amide bonds. The van der Waals surface area contributed by atoms with Crippen molar-refractivity contribution in [2.45, 2.75) is 26.3 Å². The predicted octanol–water partition coefficient (Wildman–Crippen LogP) is 3.35. The maximum Gasteiger partial charge on any atom is 0.0486 e. The standard InChI is InChI=1S/C10H13ClN/c1-10(2,3)12-9-6-4-8(11)5-7-9/h4,6-7,12H,1-3H3. The van der Waals surface area contributed by atoms with E-state index < -0.39 is 0 Å². The van der Waals surface area contributed by atoms with Crippen molar-refractivity contribution in [2.75, 3.05) is 5.32 Å². The van der Waals surface area contributed by atoms with Gasteiger partial charge in [0.25, 0.3) is 0 Å². The normalized spacial score (nSPS) is 11.3. The molecule has 1 aromatic rings. The molecule has 2 heteroatoms. The van der Waals surface area contributed by atoms with Gasteiger partial charge in [0.15, 0.2) is 0 Å². The first kappa shape index (κ1) is 9.40. The number of rotatable bonds is 1. The van der Waals surface area contributed by atoms with E-state index in [1.54, 1.807) is 0 Å². The number of hydrogen-bond acceptors (Lipinski definition) is 1. The molecule has 0 saturated carbocycles. The number of anilines is 1. The molecule has 1 rings (SSSR count). The van der Waals surface area contributed by atoms with E-state index in [0.29, 0.717) is 5.02 Å². The van der Waals surface area contributed by atoms with Crippen molar-refractivity contribution < 1.29 is 0 Å². The smallest absolute Gasteiger partial charge is 0.0486 e. The highest BCUT2D eigenvalue weighted by Crippen LogP contribution is 2.16. The largest absolute Gasteiger partial charge is 0.380 e. The van der Waals surface area contributed by atoms with E-state index in [-0.39, 0.29) is 5.54 Å². The molecule has 0 saturated heterocycles. The van der Waals surface area contributed by atoms with E-state index in [4.69, 9.17) is 11.6 Å². The van der Waals surface area contributed by atoms with Crippen LogP contribution in [0.1, 0.15) is 20.8 Å². The molecule has 1 N–H and O–H groups in total. The van der Waals surface area contributed by atoms with Gasteiger partial charge in [-0.1, -0.05) is 11.6 Å². The lowest BCUT2D eigenvalue weighted by Gasteiger charge is -2.21. The van der Waals surface area contributed by atoms with Crippen LogP contribution in [0.2, 0.25) is 5.02 Å². The van der Waals surface area contributed by atoms with Gasteiger partial charge in [0.05, 0.1) is 0 Å². The van der Waals surface area contributed by atoms with Gasteiger partial charge >= 0.3 is 0 Å². The Hall–Kier alpha value is -0.690. The van der Waals surface area contributed by atoms with Crippen molar-refractivity contribution in [2.24, 2.45) is 0 Å². The lowest BCUT2D eigenvalue weighted by Crippen LogP contribution is -2.25. The maximum absolute atomic E-state index is 5.70. The molecule has 0 aliphatic heterocycles. The number of benzene rings is 1. The topological polar surface area (TPSA) is 12.0 Å². The monoisotopic (exact) mass is 182 g/mol. The van der Waals surface area contributed by atoms with E-state index in [1.165, 1.54) is 0 Å². The summed E-state index contributed by atoms with van der Waals surface area (Å²) < 4.78 is 0. The molecule has 1 aromatic carbocycles. The molecule has 1 nitrogen and oxygen atoms in total. The summed E-state index contributed by atoms with van der Waals surface area (Å²) in [4.78, 5) is 0. The third-order valence-electron chi connectivity index (χ3n) is 1.29. The molecule has 0 aliphatic rings. The van der Waals surface area contributed by atoms with Crippen molar-refractivity contribution >= 4 is 17.3 Å². The Labute approximate surface area is 78.7 Å². The van der Waals surface area contributed by atoms with Crippen LogP contribution in [0.3, 0.4) is 0 Å². The summed E-state index contributed by atoms with van der Waals surface area (Å²) in [5, 5.41) is 3.97. The fourth-order valence-corrected chi connectivity index (χ4v) is 1.03. The summed E-state index contributed by atoms with van der Waals surface area (Å²) in [7, 11) is 0. The van der Waals surface area contributed by atoms with Gasteiger partial charge in [-0.3, -0.25) is 0 Å². The van der Waals surface area contributed by atoms with Crippen LogP contribution in [0.4, 0.5) is 5.69 Å². The minimum Gasteiger partial charge on any atom is -0.380 e. The van der Waals surface area contributed by atoms with E-state index in [2.05, 4.69) is 32.2 Å². The molecule has 0 spiro atoms. The van der Waals surface area contributed by atoms with Gasteiger partial charge < -0.3 is 5.32 Å². The van der Waals surface area contributed by atoms with Gasteiger partial charge in [0.1, 0.15) is 0 Å². The minimum absolute atomic E-state index is 0.0850. The Morgan fingerprint density at radius 1 is 1.33 bits per heavy atom. The third kappa shape index (κ3) is 3.14. The van der Waals surface area contributed by atoms with Crippen LogP contribution in [-0.4, -0.2) is 5.54 Å². The average molecular weight is 183 g/mol. The van der Waals surface area contributed by atoms with Gasteiger partial charge in [0.2, 0.25) is 0 Å². The molecule has 0 atom stereocenters. The van der Waals surface area contributed by atoms with Crippen LogP contribution in [0, 0.1) is 6.07 Å². The minimum atomic E-state index is 0.0850. The summed E-state index contributed by atoms with van der Waals surface area (Å²) in [6.45, 7) is 6.34. The summed E-state index contributed by atoms with van der Waals surface area (Å²) in [6, 6.07) is 8.56. The fraction of sp³-hybridized carbons (Fsp3) is 0.400.